The van der Waals surface area contributed by atoms with Gasteiger partial charge in [-0.05, 0) is 35.2 Å². The van der Waals surface area contributed by atoms with E-state index in [1.54, 1.807) is 0 Å². The Hall–Kier alpha value is -3.66. The Labute approximate surface area is 183 Å². The van der Waals surface area contributed by atoms with E-state index in [0.717, 1.165) is 22.5 Å². The Kier molecular flexibility index (Phi) is 5.72. The van der Waals surface area contributed by atoms with Gasteiger partial charge in [0, 0.05) is 17.3 Å². The van der Waals surface area contributed by atoms with Crippen molar-refractivity contribution >= 4 is 5.97 Å². The van der Waals surface area contributed by atoms with E-state index in [-0.39, 0.29) is 18.0 Å². The molecule has 4 nitrogen and oxygen atoms in total. The van der Waals surface area contributed by atoms with Crippen LogP contribution in [0.1, 0.15) is 42.3 Å². The van der Waals surface area contributed by atoms with Gasteiger partial charge in [-0.3, -0.25) is 0 Å². The molecular formula is C27H26N2O2. The number of rotatable bonds is 5. The van der Waals surface area contributed by atoms with E-state index in [9.17, 15) is 4.79 Å². The molecule has 0 spiro atoms. The summed E-state index contributed by atoms with van der Waals surface area (Å²) in [5.41, 5.74) is 5.37. The molecule has 0 radical (unpaired) electrons. The van der Waals surface area contributed by atoms with Crippen LogP contribution in [0.15, 0.2) is 91.1 Å². The van der Waals surface area contributed by atoms with Crippen molar-refractivity contribution in [1.82, 2.24) is 9.78 Å². The molecule has 0 aliphatic heterocycles. The molecule has 0 saturated heterocycles. The zero-order valence-corrected chi connectivity index (χ0v) is 18.1. The molecule has 0 N–H and O–H groups in total. The monoisotopic (exact) mass is 410 g/mol. The predicted octanol–water partition coefficient (Wildman–Crippen LogP) is 6.19. The van der Waals surface area contributed by atoms with Crippen LogP contribution in [0.25, 0.3) is 16.9 Å². The molecule has 0 aliphatic rings. The van der Waals surface area contributed by atoms with Gasteiger partial charge in [-0.25, -0.2) is 9.48 Å². The lowest BCUT2D eigenvalue weighted by molar-refractivity contribution is 0.0473. The van der Waals surface area contributed by atoms with Gasteiger partial charge >= 0.3 is 5.97 Å². The van der Waals surface area contributed by atoms with Crippen molar-refractivity contribution in [3.63, 3.8) is 0 Å². The van der Waals surface area contributed by atoms with Gasteiger partial charge < -0.3 is 4.74 Å². The summed E-state index contributed by atoms with van der Waals surface area (Å²) >= 11 is 0. The van der Waals surface area contributed by atoms with Crippen molar-refractivity contribution in [3.05, 3.63) is 108 Å². The van der Waals surface area contributed by atoms with Gasteiger partial charge in [0.25, 0.3) is 0 Å². The molecule has 156 valence electrons. The molecule has 4 rings (SSSR count). The molecule has 1 heterocycles. The minimum atomic E-state index is -0.341. The number of ether oxygens (including phenoxy) is 1. The first-order valence-electron chi connectivity index (χ1n) is 10.4. The van der Waals surface area contributed by atoms with Crippen molar-refractivity contribution < 1.29 is 9.53 Å². The van der Waals surface area contributed by atoms with E-state index in [4.69, 9.17) is 9.84 Å². The third-order valence-corrected chi connectivity index (χ3v) is 5.20. The molecule has 0 amide bonds. The van der Waals surface area contributed by atoms with Crippen molar-refractivity contribution in [2.45, 2.75) is 32.8 Å². The standard InChI is InChI=1S/C27H26N2O2/c1-27(2,3)23-16-14-21(15-17-23)26(30)31-19-22-18-29(24-12-8-5-9-13-24)28-25(22)20-10-6-4-7-11-20/h4-18H,19H2,1-3H3. The van der Waals surface area contributed by atoms with Crippen LogP contribution in [0.5, 0.6) is 0 Å². The van der Waals surface area contributed by atoms with Crippen molar-refractivity contribution in [2.75, 3.05) is 0 Å². The SMILES string of the molecule is CC(C)(C)c1ccc(C(=O)OCc2cn(-c3ccccc3)nc2-c2ccccc2)cc1. The lowest BCUT2D eigenvalue weighted by Gasteiger charge is -2.18. The van der Waals surface area contributed by atoms with Crippen LogP contribution >= 0.6 is 0 Å². The summed E-state index contributed by atoms with van der Waals surface area (Å²) in [5, 5.41) is 4.77. The first kappa shape index (κ1) is 20.6. The second kappa shape index (κ2) is 8.60. The first-order chi connectivity index (χ1) is 14.9. The molecule has 3 aromatic carbocycles. The number of aromatic nitrogens is 2. The highest BCUT2D eigenvalue weighted by molar-refractivity contribution is 5.89. The Morgan fingerprint density at radius 1 is 0.871 bits per heavy atom. The normalized spacial score (nSPS) is 11.3. The second-order valence-electron chi connectivity index (χ2n) is 8.55. The lowest BCUT2D eigenvalue weighted by Crippen LogP contribution is -2.12. The summed E-state index contributed by atoms with van der Waals surface area (Å²) in [7, 11) is 0. The van der Waals surface area contributed by atoms with Crippen LogP contribution in [0.3, 0.4) is 0 Å². The lowest BCUT2D eigenvalue weighted by atomic mass is 9.87. The van der Waals surface area contributed by atoms with Gasteiger partial charge in [-0.1, -0.05) is 81.4 Å². The molecule has 0 aliphatic carbocycles. The van der Waals surface area contributed by atoms with E-state index >= 15 is 0 Å². The van der Waals surface area contributed by atoms with E-state index in [1.807, 2.05) is 95.8 Å². The van der Waals surface area contributed by atoms with Gasteiger partial charge in [0.2, 0.25) is 0 Å². The second-order valence-corrected chi connectivity index (χ2v) is 8.55. The number of hydrogen-bond acceptors (Lipinski definition) is 3. The quantitative estimate of drug-likeness (QED) is 0.368. The first-order valence-corrected chi connectivity index (χ1v) is 10.4. The molecule has 0 bridgehead atoms. The fourth-order valence-electron chi connectivity index (χ4n) is 3.40. The number of nitrogens with zero attached hydrogens (tertiary/aromatic N) is 2. The van der Waals surface area contributed by atoms with Crippen LogP contribution in [-0.2, 0) is 16.8 Å². The van der Waals surface area contributed by atoms with E-state index in [1.165, 1.54) is 5.56 Å². The van der Waals surface area contributed by atoms with Gasteiger partial charge in [0.05, 0.1) is 16.9 Å². The van der Waals surface area contributed by atoms with Gasteiger partial charge in [0.1, 0.15) is 6.61 Å². The summed E-state index contributed by atoms with van der Waals surface area (Å²) < 4.78 is 7.48. The minimum absolute atomic E-state index is 0.0407. The maximum absolute atomic E-state index is 12.7. The average molecular weight is 411 g/mol. The molecule has 1 aromatic heterocycles. The Bertz CT molecular complexity index is 1160. The number of esters is 1. The fraction of sp³-hybridized carbons (Fsp3) is 0.185. The third-order valence-electron chi connectivity index (χ3n) is 5.20. The molecule has 0 unspecified atom stereocenters. The van der Waals surface area contributed by atoms with Crippen LogP contribution < -0.4 is 0 Å². The number of carbonyl (C=O) groups is 1. The zero-order chi connectivity index (χ0) is 21.8. The van der Waals surface area contributed by atoms with Crippen LogP contribution in [0.4, 0.5) is 0 Å². The molecule has 31 heavy (non-hydrogen) atoms. The summed E-state index contributed by atoms with van der Waals surface area (Å²) in [6, 6.07) is 27.5. The van der Waals surface area contributed by atoms with Gasteiger partial charge in [0.15, 0.2) is 0 Å². The van der Waals surface area contributed by atoms with Gasteiger partial charge in [-0.2, -0.15) is 5.10 Å². The number of para-hydroxylation sites is 1. The van der Waals surface area contributed by atoms with Crippen LogP contribution in [0, 0.1) is 0 Å². The van der Waals surface area contributed by atoms with Crippen molar-refractivity contribution in [1.29, 1.82) is 0 Å². The maximum atomic E-state index is 12.7. The van der Waals surface area contributed by atoms with Crippen molar-refractivity contribution in [2.24, 2.45) is 0 Å². The molecule has 0 fully saturated rings. The van der Waals surface area contributed by atoms with Crippen LogP contribution in [-0.4, -0.2) is 15.7 Å². The molecule has 4 heteroatoms. The highest BCUT2D eigenvalue weighted by Crippen LogP contribution is 2.25. The number of benzene rings is 3. The average Bonchev–Trinajstić information content (AvgIpc) is 3.22. The molecular weight excluding hydrogens is 384 g/mol. The Morgan fingerprint density at radius 2 is 1.48 bits per heavy atom. The molecule has 4 aromatic rings. The third kappa shape index (κ3) is 4.75. The van der Waals surface area contributed by atoms with Gasteiger partial charge in [-0.15, -0.1) is 0 Å². The smallest absolute Gasteiger partial charge is 0.338 e. The molecule has 0 saturated carbocycles. The zero-order valence-electron chi connectivity index (χ0n) is 18.1. The Balaban J connectivity index is 1.57. The number of carbonyl (C=O) groups excluding carboxylic acids is 1. The fourth-order valence-corrected chi connectivity index (χ4v) is 3.40. The maximum Gasteiger partial charge on any atom is 0.338 e. The topological polar surface area (TPSA) is 44.1 Å². The molecule has 0 atom stereocenters. The van der Waals surface area contributed by atoms with E-state index in [0.29, 0.717) is 5.56 Å². The highest BCUT2D eigenvalue weighted by atomic mass is 16.5. The summed E-state index contributed by atoms with van der Waals surface area (Å²) in [6.07, 6.45) is 1.92. The van der Waals surface area contributed by atoms with Crippen LogP contribution in [0.2, 0.25) is 0 Å². The summed E-state index contributed by atoms with van der Waals surface area (Å²) in [5.74, 6) is -0.341. The van der Waals surface area contributed by atoms with E-state index in [2.05, 4.69) is 20.8 Å². The highest BCUT2D eigenvalue weighted by Gasteiger charge is 2.17. The largest absolute Gasteiger partial charge is 0.457 e. The van der Waals surface area contributed by atoms with Crippen molar-refractivity contribution in [3.8, 4) is 16.9 Å². The summed E-state index contributed by atoms with van der Waals surface area (Å²) in [6.45, 7) is 6.60. The summed E-state index contributed by atoms with van der Waals surface area (Å²) in [4.78, 5) is 12.7. The Morgan fingerprint density at radius 3 is 2.10 bits per heavy atom. The number of hydrogen-bond donors (Lipinski definition) is 0. The minimum Gasteiger partial charge on any atom is -0.457 e. The predicted molar refractivity (Wildman–Crippen MR) is 123 cm³/mol. The van der Waals surface area contributed by atoms with E-state index < -0.39 is 0 Å².